The second kappa shape index (κ2) is 8.25. The van der Waals surface area contributed by atoms with E-state index in [0.717, 1.165) is 5.69 Å². The minimum Gasteiger partial charge on any atom is -0.433 e. The van der Waals surface area contributed by atoms with E-state index in [4.69, 9.17) is 23.8 Å². The van der Waals surface area contributed by atoms with Crippen LogP contribution in [0.4, 0.5) is 14.5 Å². The van der Waals surface area contributed by atoms with Crippen molar-refractivity contribution in [3.63, 3.8) is 0 Å². The maximum absolute atomic E-state index is 12.5. The number of anilines is 1. The average molecular weight is 375 g/mol. The summed E-state index contributed by atoms with van der Waals surface area (Å²) >= 11 is 11.5. The Labute approximate surface area is 149 Å². The van der Waals surface area contributed by atoms with Gasteiger partial charge in [-0.15, -0.1) is 0 Å². The molecule has 1 aromatic heterocycles. The van der Waals surface area contributed by atoms with Gasteiger partial charge in [-0.05, 0) is 31.3 Å². The Hall–Kier alpha value is -1.93. The van der Waals surface area contributed by atoms with E-state index in [9.17, 15) is 8.78 Å². The van der Waals surface area contributed by atoms with Crippen molar-refractivity contribution in [1.82, 2.24) is 14.7 Å². The summed E-state index contributed by atoms with van der Waals surface area (Å²) in [6.45, 7) is 0.163. The van der Waals surface area contributed by atoms with Crippen molar-refractivity contribution in [2.75, 3.05) is 12.4 Å². The first kappa shape index (κ1) is 18.4. The largest absolute Gasteiger partial charge is 0.433 e. The molecule has 1 aromatic carbocycles. The summed E-state index contributed by atoms with van der Waals surface area (Å²) in [5.74, 6) is 0.0277. The number of hydrogen-bond acceptors (Lipinski definition) is 3. The third-order valence-electron chi connectivity index (χ3n) is 3.28. The van der Waals surface area contributed by atoms with Crippen LogP contribution < -0.4 is 10.1 Å². The Kier molecular flexibility index (Phi) is 6.33. The maximum Gasteiger partial charge on any atom is 0.387 e. The van der Waals surface area contributed by atoms with Gasteiger partial charge in [-0.25, -0.2) is 0 Å². The van der Waals surface area contributed by atoms with E-state index in [0.29, 0.717) is 28.9 Å². The summed E-state index contributed by atoms with van der Waals surface area (Å²) < 4.78 is 31.2. The first-order chi connectivity index (χ1) is 11.4. The molecule has 2 aromatic rings. The number of para-hydroxylation sites is 2. The number of ether oxygens (including phenoxy) is 1. The zero-order valence-corrected chi connectivity index (χ0v) is 14.7. The van der Waals surface area contributed by atoms with Crippen LogP contribution in [0.25, 0.3) is 0 Å². The van der Waals surface area contributed by atoms with Crippen molar-refractivity contribution in [3.05, 3.63) is 41.2 Å². The number of aryl methyl sites for hydroxylation is 1. The number of hydrogen-bond donors (Lipinski definition) is 1. The van der Waals surface area contributed by atoms with Gasteiger partial charge < -0.3 is 15.0 Å². The SMILES string of the molecule is CCn1ncc(Cl)c1CN(C)C(=S)Nc1ccccc1OC(F)F. The molecule has 0 radical (unpaired) electrons. The first-order valence-corrected chi connectivity index (χ1v) is 7.97. The van der Waals surface area contributed by atoms with E-state index < -0.39 is 6.61 Å². The summed E-state index contributed by atoms with van der Waals surface area (Å²) in [5.41, 5.74) is 1.19. The minimum absolute atomic E-state index is 0.0277. The van der Waals surface area contributed by atoms with Crippen LogP contribution in [0.1, 0.15) is 12.6 Å². The van der Waals surface area contributed by atoms with Crippen LogP contribution >= 0.6 is 23.8 Å². The lowest BCUT2D eigenvalue weighted by Gasteiger charge is -2.22. The summed E-state index contributed by atoms with van der Waals surface area (Å²) in [6.07, 6.45) is 1.58. The molecule has 0 spiro atoms. The molecule has 0 bridgehead atoms. The van der Waals surface area contributed by atoms with E-state index in [-0.39, 0.29) is 5.75 Å². The van der Waals surface area contributed by atoms with Crippen LogP contribution in [-0.4, -0.2) is 33.5 Å². The number of nitrogens with one attached hydrogen (secondary N) is 1. The molecule has 0 aliphatic carbocycles. The quantitative estimate of drug-likeness (QED) is 0.774. The Balaban J connectivity index is 2.08. The highest BCUT2D eigenvalue weighted by molar-refractivity contribution is 7.80. The van der Waals surface area contributed by atoms with Gasteiger partial charge >= 0.3 is 6.61 Å². The molecule has 0 atom stereocenters. The van der Waals surface area contributed by atoms with E-state index in [2.05, 4.69) is 15.2 Å². The molecule has 0 saturated heterocycles. The zero-order chi connectivity index (χ0) is 17.7. The van der Waals surface area contributed by atoms with Gasteiger partial charge in [0.1, 0.15) is 5.75 Å². The Morgan fingerprint density at radius 1 is 1.46 bits per heavy atom. The fourth-order valence-electron chi connectivity index (χ4n) is 2.09. The van der Waals surface area contributed by atoms with Crippen LogP contribution in [0.15, 0.2) is 30.5 Å². The Bertz CT molecular complexity index is 711. The number of halogens is 3. The second-order valence-electron chi connectivity index (χ2n) is 4.92. The molecule has 0 unspecified atom stereocenters. The molecular weight excluding hydrogens is 358 g/mol. The van der Waals surface area contributed by atoms with E-state index in [1.54, 1.807) is 41.0 Å². The van der Waals surface area contributed by atoms with Crippen LogP contribution in [0.5, 0.6) is 5.75 Å². The first-order valence-electron chi connectivity index (χ1n) is 7.18. The van der Waals surface area contributed by atoms with Crippen LogP contribution in [0.3, 0.4) is 0 Å². The molecule has 1 heterocycles. The van der Waals surface area contributed by atoms with E-state index >= 15 is 0 Å². The maximum atomic E-state index is 12.5. The smallest absolute Gasteiger partial charge is 0.387 e. The highest BCUT2D eigenvalue weighted by Gasteiger charge is 2.15. The Morgan fingerprint density at radius 3 is 2.83 bits per heavy atom. The highest BCUT2D eigenvalue weighted by atomic mass is 35.5. The zero-order valence-electron chi connectivity index (χ0n) is 13.2. The van der Waals surface area contributed by atoms with Crippen molar-refractivity contribution in [3.8, 4) is 5.75 Å². The fourth-order valence-corrected chi connectivity index (χ4v) is 2.47. The van der Waals surface area contributed by atoms with Crippen molar-refractivity contribution < 1.29 is 13.5 Å². The lowest BCUT2D eigenvalue weighted by molar-refractivity contribution is -0.0493. The summed E-state index contributed by atoms with van der Waals surface area (Å²) in [4.78, 5) is 1.74. The lowest BCUT2D eigenvalue weighted by atomic mass is 10.3. The molecule has 24 heavy (non-hydrogen) atoms. The van der Waals surface area contributed by atoms with Crippen molar-refractivity contribution in [2.24, 2.45) is 0 Å². The summed E-state index contributed by atoms with van der Waals surface area (Å²) in [7, 11) is 1.77. The van der Waals surface area contributed by atoms with Gasteiger partial charge in [-0.3, -0.25) is 4.68 Å². The van der Waals surface area contributed by atoms with Crippen LogP contribution in [0, 0.1) is 0 Å². The van der Waals surface area contributed by atoms with Gasteiger partial charge in [0, 0.05) is 13.6 Å². The average Bonchev–Trinajstić information content (AvgIpc) is 2.89. The standard InChI is InChI=1S/C15H17ClF2N4OS/c1-3-22-12(10(16)8-19-22)9-21(2)15(24)20-11-6-4-5-7-13(11)23-14(17)18/h4-8,14H,3,9H2,1-2H3,(H,20,24). The van der Waals surface area contributed by atoms with Crippen molar-refractivity contribution >= 4 is 34.6 Å². The normalized spacial score (nSPS) is 10.8. The van der Waals surface area contributed by atoms with E-state index in [1.165, 1.54) is 6.07 Å². The van der Waals surface area contributed by atoms with Crippen molar-refractivity contribution in [2.45, 2.75) is 26.6 Å². The summed E-state index contributed by atoms with van der Waals surface area (Å²) in [5, 5.41) is 7.98. The number of thiocarbonyl (C=S) groups is 1. The number of benzene rings is 1. The van der Waals surface area contributed by atoms with Gasteiger partial charge in [0.15, 0.2) is 5.11 Å². The third-order valence-corrected chi connectivity index (χ3v) is 4.01. The second-order valence-corrected chi connectivity index (χ2v) is 5.71. The predicted octanol–water partition coefficient (Wildman–Crippen LogP) is 3.99. The number of aromatic nitrogens is 2. The fraction of sp³-hybridized carbons (Fsp3) is 0.333. The highest BCUT2D eigenvalue weighted by Crippen LogP contribution is 2.26. The molecule has 0 aliphatic heterocycles. The molecule has 130 valence electrons. The van der Waals surface area contributed by atoms with Gasteiger partial charge in [-0.1, -0.05) is 23.7 Å². The molecule has 5 nitrogen and oxygen atoms in total. The molecule has 0 aliphatic rings. The molecule has 0 fully saturated rings. The van der Waals surface area contributed by atoms with E-state index in [1.807, 2.05) is 6.92 Å². The molecule has 1 N–H and O–H groups in total. The predicted molar refractivity (Wildman–Crippen MR) is 93.7 cm³/mol. The molecular formula is C15H17ClF2N4OS. The van der Waals surface area contributed by atoms with Crippen LogP contribution in [0.2, 0.25) is 5.02 Å². The molecule has 0 saturated carbocycles. The lowest BCUT2D eigenvalue weighted by Crippen LogP contribution is -2.31. The topological polar surface area (TPSA) is 42.3 Å². The number of alkyl halides is 2. The number of rotatable bonds is 6. The van der Waals surface area contributed by atoms with Gasteiger partial charge in [0.25, 0.3) is 0 Å². The minimum atomic E-state index is -2.91. The van der Waals surface area contributed by atoms with Crippen LogP contribution in [-0.2, 0) is 13.1 Å². The molecule has 9 heteroatoms. The number of nitrogens with zero attached hydrogens (tertiary/aromatic N) is 3. The van der Waals surface area contributed by atoms with Gasteiger partial charge in [0.05, 0.1) is 29.1 Å². The third kappa shape index (κ3) is 4.55. The monoisotopic (exact) mass is 374 g/mol. The summed E-state index contributed by atoms with van der Waals surface area (Å²) in [6, 6.07) is 6.36. The van der Waals surface area contributed by atoms with Gasteiger partial charge in [0.2, 0.25) is 0 Å². The van der Waals surface area contributed by atoms with Crippen molar-refractivity contribution in [1.29, 1.82) is 0 Å². The Morgan fingerprint density at radius 2 is 2.17 bits per heavy atom. The molecule has 0 amide bonds. The van der Waals surface area contributed by atoms with Gasteiger partial charge in [-0.2, -0.15) is 13.9 Å². The molecule has 2 rings (SSSR count).